The SMILES string of the molecule is CCN1C(=O)COC(C(=O)O)C1c1cc(F)ccc1Br. The highest BCUT2D eigenvalue weighted by molar-refractivity contribution is 9.10. The van der Waals surface area contributed by atoms with Crippen LogP contribution in [0, 0.1) is 5.82 Å². The minimum atomic E-state index is -1.22. The summed E-state index contributed by atoms with van der Waals surface area (Å²) in [4.78, 5) is 24.6. The van der Waals surface area contributed by atoms with Gasteiger partial charge in [0.15, 0.2) is 6.10 Å². The first-order valence-corrected chi connectivity index (χ1v) is 6.83. The fourth-order valence-corrected chi connectivity index (χ4v) is 2.79. The van der Waals surface area contributed by atoms with Crippen molar-refractivity contribution in [3.05, 3.63) is 34.1 Å². The molecule has 1 N–H and O–H groups in total. The predicted molar refractivity (Wildman–Crippen MR) is 71.6 cm³/mol. The second kappa shape index (κ2) is 5.88. The quantitative estimate of drug-likeness (QED) is 0.909. The highest BCUT2D eigenvalue weighted by Gasteiger charge is 2.42. The van der Waals surface area contributed by atoms with Crippen LogP contribution in [0.1, 0.15) is 18.5 Å². The van der Waals surface area contributed by atoms with Crippen molar-refractivity contribution >= 4 is 27.8 Å². The Morgan fingerprint density at radius 3 is 2.90 bits per heavy atom. The standard InChI is InChI=1S/C13H13BrFNO4/c1-2-16-10(17)6-20-12(13(18)19)11(16)8-5-7(15)3-4-9(8)14/h3-5,11-12H,2,6H2,1H3,(H,18,19). The molecule has 1 aliphatic heterocycles. The van der Waals surface area contributed by atoms with Gasteiger partial charge in [-0.1, -0.05) is 15.9 Å². The monoisotopic (exact) mass is 345 g/mol. The molecule has 2 rings (SSSR count). The Hall–Kier alpha value is -1.47. The van der Waals surface area contributed by atoms with Crippen molar-refractivity contribution < 1.29 is 23.8 Å². The van der Waals surface area contributed by atoms with Crippen LogP contribution in [-0.2, 0) is 14.3 Å². The molecule has 2 unspecified atom stereocenters. The number of aliphatic carboxylic acids is 1. The Labute approximate surface area is 123 Å². The number of likely N-dealkylation sites (N-methyl/N-ethyl adjacent to an activating group) is 1. The van der Waals surface area contributed by atoms with Crippen molar-refractivity contribution in [2.24, 2.45) is 0 Å². The lowest BCUT2D eigenvalue weighted by atomic mass is 9.97. The first kappa shape index (κ1) is 14.9. The molecule has 1 saturated heterocycles. The summed E-state index contributed by atoms with van der Waals surface area (Å²) in [5, 5.41) is 9.26. The van der Waals surface area contributed by atoms with Gasteiger partial charge in [-0.2, -0.15) is 0 Å². The van der Waals surface area contributed by atoms with Crippen LogP contribution in [0.25, 0.3) is 0 Å². The molecule has 0 bridgehead atoms. The molecule has 1 heterocycles. The third-order valence-corrected chi connectivity index (χ3v) is 3.91. The number of amides is 1. The van der Waals surface area contributed by atoms with Crippen LogP contribution >= 0.6 is 15.9 Å². The number of carbonyl (C=O) groups excluding carboxylic acids is 1. The van der Waals surface area contributed by atoms with Crippen LogP contribution in [0.5, 0.6) is 0 Å². The summed E-state index contributed by atoms with van der Waals surface area (Å²) in [6, 6.07) is 3.10. The number of carbonyl (C=O) groups is 2. The third-order valence-electron chi connectivity index (χ3n) is 3.19. The zero-order valence-corrected chi connectivity index (χ0v) is 12.3. The van der Waals surface area contributed by atoms with Gasteiger partial charge in [0.2, 0.25) is 5.91 Å². The minimum absolute atomic E-state index is 0.283. The summed E-state index contributed by atoms with van der Waals surface area (Å²) in [7, 11) is 0. The Morgan fingerprint density at radius 2 is 2.30 bits per heavy atom. The molecular formula is C13H13BrFNO4. The van der Waals surface area contributed by atoms with Gasteiger partial charge in [-0.15, -0.1) is 0 Å². The number of benzene rings is 1. The molecule has 0 aromatic heterocycles. The van der Waals surface area contributed by atoms with Gasteiger partial charge in [0.1, 0.15) is 12.4 Å². The summed E-state index contributed by atoms with van der Waals surface area (Å²) in [5.41, 5.74) is 0.382. The van der Waals surface area contributed by atoms with Crippen molar-refractivity contribution in [1.29, 1.82) is 0 Å². The molecule has 20 heavy (non-hydrogen) atoms. The summed E-state index contributed by atoms with van der Waals surface area (Å²) < 4.78 is 19.1. The molecule has 1 aromatic carbocycles. The molecule has 1 aliphatic rings. The summed E-state index contributed by atoms with van der Waals surface area (Å²) in [6.45, 7) is 1.77. The molecule has 1 aromatic rings. The molecule has 2 atom stereocenters. The Morgan fingerprint density at radius 1 is 1.60 bits per heavy atom. The molecule has 5 nitrogen and oxygen atoms in total. The van der Waals surface area contributed by atoms with Crippen molar-refractivity contribution in [1.82, 2.24) is 4.90 Å². The van der Waals surface area contributed by atoms with Crippen LogP contribution in [0.4, 0.5) is 4.39 Å². The number of carboxylic acid groups (broad SMARTS) is 1. The fourth-order valence-electron chi connectivity index (χ4n) is 2.31. The lowest BCUT2D eigenvalue weighted by molar-refractivity contribution is -0.172. The van der Waals surface area contributed by atoms with Gasteiger partial charge >= 0.3 is 5.97 Å². The van der Waals surface area contributed by atoms with Crippen molar-refractivity contribution in [2.45, 2.75) is 19.1 Å². The third kappa shape index (κ3) is 2.69. The Balaban J connectivity index is 2.52. The van der Waals surface area contributed by atoms with E-state index in [2.05, 4.69) is 15.9 Å². The smallest absolute Gasteiger partial charge is 0.335 e. The van der Waals surface area contributed by atoms with Crippen molar-refractivity contribution in [2.75, 3.05) is 13.2 Å². The molecule has 0 radical (unpaired) electrons. The van der Waals surface area contributed by atoms with E-state index in [0.29, 0.717) is 16.6 Å². The van der Waals surface area contributed by atoms with E-state index in [0.717, 1.165) is 0 Å². The summed E-state index contributed by atoms with van der Waals surface area (Å²) in [5.74, 6) is -2.00. The number of nitrogens with zero attached hydrogens (tertiary/aromatic N) is 1. The second-order valence-electron chi connectivity index (χ2n) is 4.36. The first-order valence-electron chi connectivity index (χ1n) is 6.04. The van der Waals surface area contributed by atoms with Gasteiger partial charge in [0.25, 0.3) is 0 Å². The summed E-state index contributed by atoms with van der Waals surface area (Å²) >= 11 is 3.27. The lowest BCUT2D eigenvalue weighted by Crippen LogP contribution is -2.51. The molecule has 1 fully saturated rings. The minimum Gasteiger partial charge on any atom is -0.479 e. The Bertz CT molecular complexity index is 549. The lowest BCUT2D eigenvalue weighted by Gasteiger charge is -2.39. The summed E-state index contributed by atoms with van der Waals surface area (Å²) in [6.07, 6.45) is -1.22. The number of carboxylic acids is 1. The molecule has 108 valence electrons. The maximum atomic E-state index is 13.4. The van der Waals surface area contributed by atoms with E-state index in [1.165, 1.54) is 23.1 Å². The number of morpholine rings is 1. The van der Waals surface area contributed by atoms with Gasteiger partial charge in [-0.3, -0.25) is 4.79 Å². The number of ether oxygens (including phenoxy) is 1. The van der Waals surface area contributed by atoms with Gasteiger partial charge in [0.05, 0.1) is 6.04 Å². The molecule has 0 spiro atoms. The first-order chi connectivity index (χ1) is 9.45. The van der Waals surface area contributed by atoms with Crippen LogP contribution in [0.15, 0.2) is 22.7 Å². The van der Waals surface area contributed by atoms with Crippen LogP contribution in [0.2, 0.25) is 0 Å². The molecular weight excluding hydrogens is 333 g/mol. The van der Waals surface area contributed by atoms with E-state index in [1.807, 2.05) is 0 Å². The predicted octanol–water partition coefficient (Wildman–Crippen LogP) is 1.96. The van der Waals surface area contributed by atoms with E-state index >= 15 is 0 Å². The Kier molecular flexibility index (Phi) is 4.39. The molecule has 1 amide bonds. The average Bonchev–Trinajstić information content (AvgIpc) is 2.40. The molecule has 0 saturated carbocycles. The van der Waals surface area contributed by atoms with Crippen LogP contribution in [0.3, 0.4) is 0 Å². The zero-order chi connectivity index (χ0) is 14.9. The second-order valence-corrected chi connectivity index (χ2v) is 5.21. The number of hydrogen-bond donors (Lipinski definition) is 1. The fraction of sp³-hybridized carbons (Fsp3) is 0.385. The van der Waals surface area contributed by atoms with Crippen molar-refractivity contribution in [3.63, 3.8) is 0 Å². The van der Waals surface area contributed by atoms with Crippen LogP contribution < -0.4 is 0 Å². The maximum absolute atomic E-state index is 13.4. The van der Waals surface area contributed by atoms with Gasteiger partial charge in [-0.25, -0.2) is 9.18 Å². The normalized spacial score (nSPS) is 22.9. The zero-order valence-electron chi connectivity index (χ0n) is 10.7. The number of halogens is 2. The van der Waals surface area contributed by atoms with Crippen molar-refractivity contribution in [3.8, 4) is 0 Å². The van der Waals surface area contributed by atoms with E-state index < -0.39 is 23.9 Å². The van der Waals surface area contributed by atoms with Gasteiger partial charge in [-0.05, 0) is 30.7 Å². The van der Waals surface area contributed by atoms with Gasteiger partial charge in [0, 0.05) is 11.0 Å². The van der Waals surface area contributed by atoms with E-state index in [9.17, 15) is 19.1 Å². The highest BCUT2D eigenvalue weighted by atomic mass is 79.9. The number of rotatable bonds is 3. The van der Waals surface area contributed by atoms with Crippen LogP contribution in [-0.4, -0.2) is 41.1 Å². The van der Waals surface area contributed by atoms with E-state index in [1.54, 1.807) is 6.92 Å². The van der Waals surface area contributed by atoms with E-state index in [-0.39, 0.29) is 12.5 Å². The maximum Gasteiger partial charge on any atom is 0.335 e. The average molecular weight is 346 g/mol. The molecule has 7 heteroatoms. The van der Waals surface area contributed by atoms with Gasteiger partial charge < -0.3 is 14.7 Å². The largest absolute Gasteiger partial charge is 0.479 e. The highest BCUT2D eigenvalue weighted by Crippen LogP contribution is 2.35. The topological polar surface area (TPSA) is 66.8 Å². The van der Waals surface area contributed by atoms with E-state index in [4.69, 9.17) is 4.74 Å². The molecule has 0 aliphatic carbocycles. The number of hydrogen-bond acceptors (Lipinski definition) is 3.